The van der Waals surface area contributed by atoms with E-state index in [1.807, 2.05) is 25.1 Å². The number of hydrogen-bond acceptors (Lipinski definition) is 4. The highest BCUT2D eigenvalue weighted by Gasteiger charge is 2.30. The van der Waals surface area contributed by atoms with E-state index in [0.717, 1.165) is 18.4 Å². The number of rotatable bonds is 9. The van der Waals surface area contributed by atoms with E-state index in [1.54, 1.807) is 29.2 Å². The third kappa shape index (κ3) is 6.64. The smallest absolute Gasteiger partial charge is 0.243 e. The molecule has 1 N–H and O–H groups in total. The molecular weight excluding hydrogens is 426 g/mol. The summed E-state index contributed by atoms with van der Waals surface area (Å²) in [7, 11) is -3.56. The summed E-state index contributed by atoms with van der Waals surface area (Å²) in [5.74, 6) is -0.246. The molecule has 2 aromatic rings. The maximum Gasteiger partial charge on any atom is 0.243 e. The van der Waals surface area contributed by atoms with Gasteiger partial charge in [0, 0.05) is 45.6 Å². The Hall–Kier alpha value is -2.71. The number of benzene rings is 2. The van der Waals surface area contributed by atoms with Crippen LogP contribution in [0.15, 0.2) is 59.5 Å². The molecule has 0 aliphatic carbocycles. The van der Waals surface area contributed by atoms with Gasteiger partial charge in [0.15, 0.2) is 0 Å². The van der Waals surface area contributed by atoms with Gasteiger partial charge in [0.2, 0.25) is 21.8 Å². The van der Waals surface area contributed by atoms with Crippen molar-refractivity contribution in [1.82, 2.24) is 14.5 Å². The molecule has 0 aromatic heterocycles. The largest absolute Gasteiger partial charge is 0.356 e. The zero-order chi connectivity index (χ0) is 23.0. The van der Waals surface area contributed by atoms with Gasteiger partial charge in [-0.3, -0.25) is 9.59 Å². The van der Waals surface area contributed by atoms with Crippen LogP contribution in [0.1, 0.15) is 30.4 Å². The first-order chi connectivity index (χ1) is 15.4. The van der Waals surface area contributed by atoms with Crippen LogP contribution in [-0.2, 0) is 26.0 Å². The van der Waals surface area contributed by atoms with Crippen LogP contribution in [0.5, 0.6) is 0 Å². The zero-order valence-electron chi connectivity index (χ0n) is 18.5. The molecule has 1 aliphatic heterocycles. The summed E-state index contributed by atoms with van der Waals surface area (Å²) in [4.78, 5) is 26.4. The molecule has 1 heterocycles. The summed E-state index contributed by atoms with van der Waals surface area (Å²) >= 11 is 0. The summed E-state index contributed by atoms with van der Waals surface area (Å²) < 4.78 is 27.0. The lowest BCUT2D eigenvalue weighted by atomic mass is 10.1. The van der Waals surface area contributed by atoms with Crippen LogP contribution in [0.2, 0.25) is 0 Å². The molecule has 1 fully saturated rings. The van der Waals surface area contributed by atoms with Crippen LogP contribution in [0.3, 0.4) is 0 Å². The standard InChI is InChI=1S/C24H31N3O4S/c1-20-9-11-22(12-10-20)32(30,31)27-18-16-26(17-19-27)24(29)14-13-23(28)25-15-5-8-21-6-3-2-4-7-21/h2-4,6-7,9-12H,5,8,13-19H2,1H3,(H,25,28). The number of aryl methyl sites for hydroxylation is 2. The van der Waals surface area contributed by atoms with E-state index < -0.39 is 10.0 Å². The molecule has 32 heavy (non-hydrogen) atoms. The maximum atomic E-state index is 12.8. The lowest BCUT2D eigenvalue weighted by Gasteiger charge is -2.34. The Morgan fingerprint density at radius 2 is 1.56 bits per heavy atom. The zero-order valence-corrected chi connectivity index (χ0v) is 19.3. The molecular formula is C24H31N3O4S. The SMILES string of the molecule is Cc1ccc(S(=O)(=O)N2CCN(C(=O)CCC(=O)NCCCc3ccccc3)CC2)cc1. The van der Waals surface area contributed by atoms with E-state index in [0.29, 0.717) is 19.6 Å². The number of carbonyl (C=O) groups excluding carboxylic acids is 2. The number of carbonyl (C=O) groups is 2. The minimum absolute atomic E-state index is 0.114. The number of hydrogen-bond donors (Lipinski definition) is 1. The molecule has 1 aliphatic rings. The van der Waals surface area contributed by atoms with Crippen LogP contribution < -0.4 is 5.32 Å². The van der Waals surface area contributed by atoms with Crippen molar-refractivity contribution in [2.75, 3.05) is 32.7 Å². The second-order valence-corrected chi connectivity index (χ2v) is 9.97. The van der Waals surface area contributed by atoms with Crippen molar-refractivity contribution in [3.8, 4) is 0 Å². The average Bonchev–Trinajstić information content (AvgIpc) is 2.81. The van der Waals surface area contributed by atoms with E-state index in [9.17, 15) is 18.0 Å². The van der Waals surface area contributed by atoms with Gasteiger partial charge in [-0.05, 0) is 37.5 Å². The fourth-order valence-electron chi connectivity index (χ4n) is 3.67. The Bertz CT molecular complexity index is 999. The van der Waals surface area contributed by atoms with Crippen molar-refractivity contribution in [1.29, 1.82) is 0 Å². The molecule has 0 bridgehead atoms. The summed E-state index contributed by atoms with van der Waals surface area (Å²) in [5, 5.41) is 2.86. The molecule has 0 saturated carbocycles. The molecule has 0 spiro atoms. The second kappa shape index (κ2) is 11.2. The van der Waals surface area contributed by atoms with Crippen molar-refractivity contribution >= 4 is 21.8 Å². The maximum absolute atomic E-state index is 12.8. The fraction of sp³-hybridized carbons (Fsp3) is 0.417. The Kier molecular flexibility index (Phi) is 8.41. The Balaban J connectivity index is 1.36. The third-order valence-corrected chi connectivity index (χ3v) is 7.54. The van der Waals surface area contributed by atoms with Crippen molar-refractivity contribution in [3.63, 3.8) is 0 Å². The summed E-state index contributed by atoms with van der Waals surface area (Å²) in [6.07, 6.45) is 2.03. The summed E-state index contributed by atoms with van der Waals surface area (Å²) in [6, 6.07) is 16.9. The van der Waals surface area contributed by atoms with Crippen LogP contribution >= 0.6 is 0 Å². The van der Waals surface area contributed by atoms with Crippen LogP contribution in [-0.4, -0.2) is 62.2 Å². The van der Waals surface area contributed by atoms with Crippen molar-refractivity contribution < 1.29 is 18.0 Å². The lowest BCUT2D eigenvalue weighted by molar-refractivity contribution is -0.134. The summed E-state index contributed by atoms with van der Waals surface area (Å²) in [6.45, 7) is 3.68. The van der Waals surface area contributed by atoms with Gasteiger partial charge >= 0.3 is 0 Å². The van der Waals surface area contributed by atoms with Gasteiger partial charge in [-0.1, -0.05) is 48.0 Å². The summed E-state index contributed by atoms with van der Waals surface area (Å²) in [5.41, 5.74) is 2.24. The molecule has 0 unspecified atom stereocenters. The van der Waals surface area contributed by atoms with E-state index in [-0.39, 0.29) is 42.6 Å². The van der Waals surface area contributed by atoms with Crippen LogP contribution in [0.25, 0.3) is 0 Å². The Morgan fingerprint density at radius 3 is 2.22 bits per heavy atom. The molecule has 0 radical (unpaired) electrons. The van der Waals surface area contributed by atoms with Gasteiger partial charge in [0.25, 0.3) is 0 Å². The van der Waals surface area contributed by atoms with Gasteiger partial charge < -0.3 is 10.2 Å². The molecule has 8 heteroatoms. The Labute approximate surface area is 190 Å². The second-order valence-electron chi connectivity index (χ2n) is 8.04. The van der Waals surface area contributed by atoms with Gasteiger partial charge in [0.05, 0.1) is 4.90 Å². The topological polar surface area (TPSA) is 86.8 Å². The van der Waals surface area contributed by atoms with E-state index in [4.69, 9.17) is 0 Å². The molecule has 1 saturated heterocycles. The Morgan fingerprint density at radius 1 is 0.906 bits per heavy atom. The third-order valence-electron chi connectivity index (χ3n) is 5.62. The molecule has 7 nitrogen and oxygen atoms in total. The van der Waals surface area contributed by atoms with Gasteiger partial charge in [-0.15, -0.1) is 0 Å². The van der Waals surface area contributed by atoms with Gasteiger partial charge in [-0.2, -0.15) is 4.31 Å². The molecule has 172 valence electrons. The number of amides is 2. The molecule has 3 rings (SSSR count). The normalized spacial score (nSPS) is 14.8. The van der Waals surface area contributed by atoms with Crippen molar-refractivity contribution in [3.05, 3.63) is 65.7 Å². The highest BCUT2D eigenvalue weighted by Crippen LogP contribution is 2.18. The van der Waals surface area contributed by atoms with Crippen LogP contribution in [0.4, 0.5) is 0 Å². The molecule has 2 aromatic carbocycles. The monoisotopic (exact) mass is 457 g/mol. The number of piperazine rings is 1. The van der Waals surface area contributed by atoms with E-state index in [1.165, 1.54) is 9.87 Å². The number of nitrogens with one attached hydrogen (secondary N) is 1. The van der Waals surface area contributed by atoms with E-state index in [2.05, 4.69) is 17.4 Å². The van der Waals surface area contributed by atoms with Crippen LogP contribution in [0, 0.1) is 6.92 Å². The van der Waals surface area contributed by atoms with Crippen molar-refractivity contribution in [2.24, 2.45) is 0 Å². The highest BCUT2D eigenvalue weighted by atomic mass is 32.2. The fourth-order valence-corrected chi connectivity index (χ4v) is 5.09. The van der Waals surface area contributed by atoms with Gasteiger partial charge in [-0.25, -0.2) is 8.42 Å². The van der Waals surface area contributed by atoms with Crippen molar-refractivity contribution in [2.45, 2.75) is 37.5 Å². The molecule has 2 amide bonds. The molecule has 0 atom stereocenters. The lowest BCUT2D eigenvalue weighted by Crippen LogP contribution is -2.50. The van der Waals surface area contributed by atoms with E-state index >= 15 is 0 Å². The van der Waals surface area contributed by atoms with Gasteiger partial charge in [0.1, 0.15) is 0 Å². The predicted octanol–water partition coefficient (Wildman–Crippen LogP) is 2.36. The first kappa shape index (κ1) is 23.9. The average molecular weight is 458 g/mol. The minimum atomic E-state index is -3.56. The number of sulfonamides is 1. The first-order valence-electron chi connectivity index (χ1n) is 11.0. The first-order valence-corrected chi connectivity index (χ1v) is 12.5. The quantitative estimate of drug-likeness (QED) is 0.586. The minimum Gasteiger partial charge on any atom is -0.356 e. The number of nitrogens with zero attached hydrogens (tertiary/aromatic N) is 2. The predicted molar refractivity (Wildman–Crippen MR) is 124 cm³/mol. The highest BCUT2D eigenvalue weighted by molar-refractivity contribution is 7.89.